The lowest BCUT2D eigenvalue weighted by atomic mass is 9.90. The normalized spacial score (nSPS) is 12.8. The number of likely N-dealkylation sites (N-methyl/N-ethyl adjacent to an activating group) is 2. The molecule has 0 aliphatic heterocycles. The highest BCUT2D eigenvalue weighted by Gasteiger charge is 2.35. The van der Waals surface area contributed by atoms with Crippen LogP contribution >= 0.6 is 11.3 Å². The summed E-state index contributed by atoms with van der Waals surface area (Å²) in [6.07, 6.45) is 10.2. The van der Waals surface area contributed by atoms with Crippen molar-refractivity contribution < 1.29 is 14.4 Å². The van der Waals surface area contributed by atoms with E-state index in [-0.39, 0.29) is 29.7 Å². The number of aromatic nitrogens is 1. The van der Waals surface area contributed by atoms with Crippen LogP contribution in [0.25, 0.3) is 11.1 Å². The van der Waals surface area contributed by atoms with Crippen molar-refractivity contribution in [2.24, 2.45) is 5.73 Å². The quantitative estimate of drug-likeness (QED) is 0.132. The highest BCUT2D eigenvalue weighted by atomic mass is 32.1. The van der Waals surface area contributed by atoms with E-state index >= 15 is 0 Å². The monoisotopic (exact) mass is 679 g/mol. The number of thiophene rings is 1. The molecule has 3 N–H and O–H groups in total. The molecule has 2 heterocycles. The van der Waals surface area contributed by atoms with E-state index in [0.717, 1.165) is 40.0 Å². The van der Waals surface area contributed by atoms with E-state index in [2.05, 4.69) is 22.4 Å². The molecular formula is C40H49N5O3S. The maximum atomic E-state index is 14.5. The predicted molar refractivity (Wildman–Crippen MR) is 199 cm³/mol. The molecule has 0 aliphatic rings. The van der Waals surface area contributed by atoms with E-state index < -0.39 is 12.1 Å². The Balaban J connectivity index is 1.58. The Kier molecular flexibility index (Phi) is 13.9. The summed E-state index contributed by atoms with van der Waals surface area (Å²) < 4.78 is 0. The number of benzene rings is 2. The average molecular weight is 680 g/mol. The summed E-state index contributed by atoms with van der Waals surface area (Å²) in [5.41, 5.74) is 10.2. The lowest BCUT2D eigenvalue weighted by Crippen LogP contribution is -2.56. The second kappa shape index (κ2) is 18.2. The van der Waals surface area contributed by atoms with Crippen LogP contribution < -0.4 is 11.1 Å². The topological polar surface area (TPSA) is 109 Å². The van der Waals surface area contributed by atoms with Crippen molar-refractivity contribution in [3.05, 3.63) is 125 Å². The van der Waals surface area contributed by atoms with Gasteiger partial charge in [0.25, 0.3) is 0 Å². The number of amides is 3. The van der Waals surface area contributed by atoms with Crippen LogP contribution in [0.2, 0.25) is 0 Å². The molecular weight excluding hydrogens is 631 g/mol. The lowest BCUT2D eigenvalue weighted by molar-refractivity contribution is -0.146. The van der Waals surface area contributed by atoms with Crippen molar-refractivity contribution in [1.29, 1.82) is 0 Å². The largest absolute Gasteiger partial charge is 0.354 e. The Morgan fingerprint density at radius 3 is 2.14 bits per heavy atom. The summed E-state index contributed by atoms with van der Waals surface area (Å²) in [5, 5.41) is 5.00. The van der Waals surface area contributed by atoms with Gasteiger partial charge in [0.15, 0.2) is 0 Å². The zero-order valence-electron chi connectivity index (χ0n) is 29.0. The van der Waals surface area contributed by atoms with E-state index in [9.17, 15) is 14.4 Å². The fourth-order valence-electron chi connectivity index (χ4n) is 5.69. The molecule has 0 saturated carbocycles. The van der Waals surface area contributed by atoms with Gasteiger partial charge in [0.1, 0.15) is 12.1 Å². The Hall–Kier alpha value is -4.60. The average Bonchev–Trinajstić information content (AvgIpc) is 3.66. The molecule has 3 amide bonds. The summed E-state index contributed by atoms with van der Waals surface area (Å²) in [6.45, 7) is 4.51. The van der Waals surface area contributed by atoms with Crippen LogP contribution in [0.15, 0.2) is 109 Å². The van der Waals surface area contributed by atoms with Gasteiger partial charge in [-0.25, -0.2) is 0 Å². The van der Waals surface area contributed by atoms with Crippen LogP contribution in [0.5, 0.6) is 0 Å². The molecule has 258 valence electrons. The predicted octanol–water partition coefficient (Wildman–Crippen LogP) is 6.07. The van der Waals surface area contributed by atoms with Gasteiger partial charge in [0.2, 0.25) is 17.7 Å². The molecule has 4 aromatic rings. The third-order valence-electron chi connectivity index (χ3n) is 9.34. The van der Waals surface area contributed by atoms with Gasteiger partial charge in [-0.3, -0.25) is 19.4 Å². The van der Waals surface area contributed by atoms with Crippen molar-refractivity contribution in [3.8, 4) is 11.1 Å². The summed E-state index contributed by atoms with van der Waals surface area (Å²) in [7, 11) is 3.31. The second-order valence-corrected chi connectivity index (χ2v) is 13.6. The van der Waals surface area contributed by atoms with Crippen molar-refractivity contribution in [2.45, 2.75) is 70.0 Å². The number of nitrogens with two attached hydrogens (primary N) is 1. The molecule has 0 bridgehead atoms. The van der Waals surface area contributed by atoms with E-state index in [1.54, 1.807) is 37.8 Å². The van der Waals surface area contributed by atoms with Crippen molar-refractivity contribution in [2.75, 3.05) is 20.6 Å². The first-order valence-corrected chi connectivity index (χ1v) is 17.8. The third kappa shape index (κ3) is 10.7. The molecule has 2 aromatic heterocycles. The maximum Gasteiger partial charge on any atom is 0.246 e. The Bertz CT molecular complexity index is 1640. The van der Waals surface area contributed by atoms with Crippen LogP contribution in [-0.2, 0) is 33.6 Å². The van der Waals surface area contributed by atoms with Crippen molar-refractivity contribution in [1.82, 2.24) is 20.1 Å². The zero-order chi connectivity index (χ0) is 35.2. The number of hydrogen-bond donors (Lipinski definition) is 2. The molecule has 0 radical (unpaired) electrons. The number of nitrogens with one attached hydrogen (secondary N) is 1. The minimum Gasteiger partial charge on any atom is -0.354 e. The van der Waals surface area contributed by atoms with Crippen molar-refractivity contribution >= 4 is 29.1 Å². The fraction of sp³-hybridized carbons (Fsp3) is 0.350. The van der Waals surface area contributed by atoms with Gasteiger partial charge in [0, 0.05) is 56.3 Å². The Morgan fingerprint density at radius 2 is 1.51 bits per heavy atom. The molecule has 4 rings (SSSR count). The lowest BCUT2D eigenvalue weighted by Gasteiger charge is -2.34. The van der Waals surface area contributed by atoms with Crippen LogP contribution in [0.4, 0.5) is 0 Å². The highest BCUT2D eigenvalue weighted by Crippen LogP contribution is 2.22. The number of nitrogens with zero attached hydrogens (tertiary/aromatic N) is 3. The zero-order valence-corrected chi connectivity index (χ0v) is 29.9. The third-order valence-corrected chi connectivity index (χ3v) is 10.2. The minimum absolute atomic E-state index is 0.239. The molecule has 0 fully saturated rings. The van der Waals surface area contributed by atoms with E-state index in [4.69, 9.17) is 5.73 Å². The second-order valence-electron chi connectivity index (χ2n) is 12.6. The first-order chi connectivity index (χ1) is 23.6. The van der Waals surface area contributed by atoms with Crippen LogP contribution in [-0.4, -0.2) is 70.8 Å². The summed E-state index contributed by atoms with van der Waals surface area (Å²) in [4.78, 5) is 49.9. The fourth-order valence-corrected chi connectivity index (χ4v) is 6.44. The van der Waals surface area contributed by atoms with Crippen LogP contribution in [0, 0.1) is 0 Å². The van der Waals surface area contributed by atoms with Gasteiger partial charge in [0.05, 0.1) is 0 Å². The summed E-state index contributed by atoms with van der Waals surface area (Å²) in [6, 6.07) is 24.3. The number of pyridine rings is 1. The van der Waals surface area contributed by atoms with Gasteiger partial charge in [-0.05, 0) is 77.6 Å². The molecule has 2 aromatic carbocycles. The first-order valence-electron chi connectivity index (χ1n) is 17.0. The highest BCUT2D eigenvalue weighted by molar-refractivity contribution is 7.09. The van der Waals surface area contributed by atoms with Gasteiger partial charge in [-0.1, -0.05) is 80.6 Å². The summed E-state index contributed by atoms with van der Waals surface area (Å²) in [5.74, 6) is -0.840. The molecule has 2 atom stereocenters. The SMILES string of the molecule is CCC(N)(CC)CC=CC(=O)N(C)[C@H](Cc1ccc(-c2ccccc2)cc1)C(=O)N(C)[C@H](Cc1cccs1)C(=O)NCCc1ccncc1. The Labute approximate surface area is 295 Å². The van der Waals surface area contributed by atoms with Gasteiger partial charge < -0.3 is 20.9 Å². The molecule has 9 heteroatoms. The van der Waals surface area contributed by atoms with Crippen LogP contribution in [0.1, 0.15) is 49.1 Å². The van der Waals surface area contributed by atoms with Gasteiger partial charge in [-0.2, -0.15) is 0 Å². The number of carbonyl (C=O) groups is 3. The van der Waals surface area contributed by atoms with E-state index in [0.29, 0.717) is 25.8 Å². The van der Waals surface area contributed by atoms with Crippen molar-refractivity contribution in [3.63, 3.8) is 0 Å². The number of carbonyl (C=O) groups excluding carboxylic acids is 3. The Morgan fingerprint density at radius 1 is 0.837 bits per heavy atom. The number of rotatable bonds is 17. The summed E-state index contributed by atoms with van der Waals surface area (Å²) >= 11 is 1.55. The molecule has 0 unspecified atom stereocenters. The van der Waals surface area contributed by atoms with E-state index in [1.807, 2.05) is 92.0 Å². The molecule has 0 saturated heterocycles. The maximum absolute atomic E-state index is 14.5. The molecule has 0 aliphatic carbocycles. The van der Waals surface area contributed by atoms with Gasteiger partial charge in [-0.15, -0.1) is 11.3 Å². The molecule has 0 spiro atoms. The van der Waals surface area contributed by atoms with E-state index in [1.165, 1.54) is 15.9 Å². The molecule has 8 nitrogen and oxygen atoms in total. The minimum atomic E-state index is -0.847. The standard InChI is InChI=1S/C40H49N5O3S/c1-5-40(41,6-2)23-10-15-37(46)44(3)36(28-31-16-18-33(19-17-31)32-12-8-7-9-13-32)39(48)45(4)35(29-34-14-11-27-49-34)38(47)43-26-22-30-20-24-42-25-21-30/h7-21,24-25,27,35-36H,5-6,22-23,26,28-29,41H2,1-4H3,(H,43,47)/t35-,36-/m1/s1. The number of hydrogen-bond acceptors (Lipinski definition) is 6. The smallest absolute Gasteiger partial charge is 0.246 e. The van der Waals surface area contributed by atoms with Gasteiger partial charge >= 0.3 is 0 Å². The van der Waals surface area contributed by atoms with Crippen LogP contribution in [0.3, 0.4) is 0 Å². The first kappa shape index (κ1) is 37.2. The molecule has 49 heavy (non-hydrogen) atoms.